The van der Waals surface area contributed by atoms with Crippen molar-refractivity contribution in [2.75, 3.05) is 26.4 Å². The van der Waals surface area contributed by atoms with Gasteiger partial charge in [0.15, 0.2) is 6.10 Å². The maximum Gasteiger partial charge on any atom is 0.472 e. The third-order valence-corrected chi connectivity index (χ3v) is 9.18. The van der Waals surface area contributed by atoms with E-state index in [1.165, 1.54) is 44.9 Å². The normalized spacial score (nSPS) is 13.9. The number of hydrogen-bond acceptors (Lipinski definition) is 8. The summed E-state index contributed by atoms with van der Waals surface area (Å²) in [6, 6.07) is 0. The number of rotatable bonds is 37. The first-order chi connectivity index (χ1) is 24.8. The van der Waals surface area contributed by atoms with Crippen molar-refractivity contribution in [3.05, 3.63) is 48.6 Å². The van der Waals surface area contributed by atoms with Gasteiger partial charge in [-0.05, 0) is 70.6 Å². The summed E-state index contributed by atoms with van der Waals surface area (Å²) in [5.74, 6) is -0.861. The Balaban J connectivity index is 4.24. The number of phosphoric ester groups is 1. The second kappa shape index (κ2) is 37.7. The number of unbranched alkanes of at least 4 members (excludes halogenated alkanes) is 16. The molecule has 0 aliphatic heterocycles. The average Bonchev–Trinajstić information content (AvgIpc) is 3.11. The second-order valence-electron chi connectivity index (χ2n) is 13.1. The lowest BCUT2D eigenvalue weighted by atomic mass is 10.1. The molecule has 0 heterocycles. The Morgan fingerprint density at radius 3 is 1.63 bits per heavy atom. The van der Waals surface area contributed by atoms with Gasteiger partial charge < -0.3 is 20.1 Å². The summed E-state index contributed by atoms with van der Waals surface area (Å²) in [4.78, 5) is 34.8. The third kappa shape index (κ3) is 37.5. The number of carbonyl (C=O) groups excluding carboxylic acids is 2. The first-order valence-corrected chi connectivity index (χ1v) is 21.6. The van der Waals surface area contributed by atoms with Crippen molar-refractivity contribution in [1.82, 2.24) is 0 Å². The molecule has 0 rings (SSSR count). The lowest BCUT2D eigenvalue weighted by Gasteiger charge is -2.19. The molecule has 0 saturated carbocycles. The van der Waals surface area contributed by atoms with Crippen LogP contribution in [0.15, 0.2) is 48.6 Å². The molecule has 0 aliphatic rings. The largest absolute Gasteiger partial charge is 0.472 e. The van der Waals surface area contributed by atoms with Gasteiger partial charge in [-0.15, -0.1) is 0 Å². The van der Waals surface area contributed by atoms with Crippen LogP contribution >= 0.6 is 7.82 Å². The summed E-state index contributed by atoms with van der Waals surface area (Å²) < 4.78 is 32.7. The van der Waals surface area contributed by atoms with Gasteiger partial charge in [0.1, 0.15) is 6.61 Å². The number of allylic oxidation sites excluding steroid dienone is 8. The van der Waals surface area contributed by atoms with Gasteiger partial charge in [0, 0.05) is 19.4 Å². The van der Waals surface area contributed by atoms with E-state index >= 15 is 0 Å². The summed E-state index contributed by atoms with van der Waals surface area (Å²) in [6.07, 6.45) is 41.4. The fraction of sp³-hybridized carbons (Fsp3) is 0.756. The fourth-order valence-corrected chi connectivity index (χ4v) is 6.00. The van der Waals surface area contributed by atoms with E-state index in [1.807, 2.05) is 0 Å². The Morgan fingerprint density at radius 1 is 0.608 bits per heavy atom. The molecule has 0 aromatic carbocycles. The summed E-state index contributed by atoms with van der Waals surface area (Å²) in [5, 5.41) is 0. The third-order valence-electron chi connectivity index (χ3n) is 8.20. The van der Waals surface area contributed by atoms with Crippen LogP contribution in [0.1, 0.15) is 168 Å². The maximum atomic E-state index is 12.5. The first kappa shape index (κ1) is 49.0. The lowest BCUT2D eigenvalue weighted by Crippen LogP contribution is -2.29. The molecule has 3 N–H and O–H groups in total. The highest BCUT2D eigenvalue weighted by Crippen LogP contribution is 2.43. The molecular weight excluding hydrogens is 665 g/mol. The Hall–Kier alpha value is -2.03. The predicted octanol–water partition coefficient (Wildman–Crippen LogP) is 11.2. The van der Waals surface area contributed by atoms with Crippen molar-refractivity contribution in [3.63, 3.8) is 0 Å². The van der Waals surface area contributed by atoms with Crippen LogP contribution in [-0.2, 0) is 32.7 Å². The molecule has 1 unspecified atom stereocenters. The van der Waals surface area contributed by atoms with Crippen LogP contribution in [-0.4, -0.2) is 49.3 Å². The number of carbonyl (C=O) groups is 2. The molecule has 51 heavy (non-hydrogen) atoms. The number of nitrogens with two attached hydrogens (primary N) is 1. The molecule has 0 aromatic rings. The molecule has 0 fully saturated rings. The van der Waals surface area contributed by atoms with E-state index in [4.69, 9.17) is 24.3 Å². The van der Waals surface area contributed by atoms with Crippen molar-refractivity contribution < 1.29 is 37.6 Å². The van der Waals surface area contributed by atoms with E-state index in [2.05, 4.69) is 62.5 Å². The van der Waals surface area contributed by atoms with Crippen LogP contribution in [0.25, 0.3) is 0 Å². The van der Waals surface area contributed by atoms with Gasteiger partial charge in [-0.1, -0.05) is 133 Å². The van der Waals surface area contributed by atoms with Crippen LogP contribution in [0.4, 0.5) is 0 Å². The molecular formula is C41H74NO8P. The van der Waals surface area contributed by atoms with Gasteiger partial charge in [-0.3, -0.25) is 18.6 Å². The average molecular weight is 740 g/mol. The van der Waals surface area contributed by atoms with E-state index in [-0.39, 0.29) is 32.6 Å². The van der Waals surface area contributed by atoms with Gasteiger partial charge in [0.25, 0.3) is 0 Å². The van der Waals surface area contributed by atoms with Crippen molar-refractivity contribution in [1.29, 1.82) is 0 Å². The highest BCUT2D eigenvalue weighted by molar-refractivity contribution is 7.47. The van der Waals surface area contributed by atoms with Crippen LogP contribution in [0.2, 0.25) is 0 Å². The Labute approximate surface area is 311 Å². The van der Waals surface area contributed by atoms with Crippen LogP contribution in [0.3, 0.4) is 0 Å². The summed E-state index contributed by atoms with van der Waals surface area (Å²) >= 11 is 0. The predicted molar refractivity (Wildman–Crippen MR) is 210 cm³/mol. The highest BCUT2D eigenvalue weighted by Gasteiger charge is 2.25. The van der Waals surface area contributed by atoms with Crippen molar-refractivity contribution >= 4 is 19.8 Å². The van der Waals surface area contributed by atoms with Gasteiger partial charge in [0.05, 0.1) is 13.2 Å². The first-order valence-electron chi connectivity index (χ1n) is 20.1. The molecule has 0 aliphatic carbocycles. The van der Waals surface area contributed by atoms with Gasteiger partial charge in [-0.2, -0.15) is 0 Å². The molecule has 10 heteroatoms. The minimum Gasteiger partial charge on any atom is -0.462 e. The molecule has 0 amide bonds. The van der Waals surface area contributed by atoms with Gasteiger partial charge in [-0.25, -0.2) is 4.57 Å². The summed E-state index contributed by atoms with van der Waals surface area (Å²) in [6.45, 7) is 3.57. The molecule has 9 nitrogen and oxygen atoms in total. The molecule has 2 atom stereocenters. The van der Waals surface area contributed by atoms with E-state index < -0.39 is 32.5 Å². The zero-order valence-corrected chi connectivity index (χ0v) is 33.2. The monoisotopic (exact) mass is 740 g/mol. The Bertz CT molecular complexity index is 981. The van der Waals surface area contributed by atoms with E-state index in [9.17, 15) is 19.0 Å². The number of phosphoric acid groups is 1. The number of ether oxygens (including phenoxy) is 2. The van der Waals surface area contributed by atoms with E-state index in [0.717, 1.165) is 83.5 Å². The zero-order valence-electron chi connectivity index (χ0n) is 32.3. The van der Waals surface area contributed by atoms with Crippen molar-refractivity contribution in [3.8, 4) is 0 Å². The summed E-state index contributed by atoms with van der Waals surface area (Å²) in [5.41, 5.74) is 5.33. The molecule has 0 aromatic heterocycles. The SMILES string of the molecule is CCC=CCC=CCC=CCCCCCCCC(=O)OC[C@H](COP(=O)(O)OCCN)OC(=O)CCCCCCCC=CCCCCCCCC. The zero-order chi connectivity index (χ0) is 37.5. The van der Waals surface area contributed by atoms with Gasteiger partial charge in [0.2, 0.25) is 0 Å². The molecule has 0 radical (unpaired) electrons. The standard InChI is InChI=1S/C41H74NO8P/c1-3-5-7-9-11-13-15-17-19-21-23-25-27-29-31-33-40(43)47-37-39(38-49-51(45,46)48-36-35-42)50-41(44)34-32-30-28-26-24-22-20-18-16-14-12-10-8-6-4-2/h5,7,11,13,17-20,39H,3-4,6,8-10,12,14-16,21-38,42H2,1-2H3,(H,45,46)/t39-/m1/s1. The maximum absolute atomic E-state index is 12.5. The smallest absolute Gasteiger partial charge is 0.462 e. The van der Waals surface area contributed by atoms with Crippen LogP contribution in [0, 0.1) is 0 Å². The molecule has 0 spiro atoms. The number of hydrogen-bond donors (Lipinski definition) is 2. The molecule has 296 valence electrons. The molecule has 0 bridgehead atoms. The topological polar surface area (TPSA) is 134 Å². The summed E-state index contributed by atoms with van der Waals surface area (Å²) in [7, 11) is -4.38. The quantitative estimate of drug-likeness (QED) is 0.0276. The Morgan fingerprint density at radius 2 is 1.08 bits per heavy atom. The van der Waals surface area contributed by atoms with Crippen molar-refractivity contribution in [2.45, 2.75) is 174 Å². The second-order valence-corrected chi connectivity index (χ2v) is 14.6. The van der Waals surface area contributed by atoms with E-state index in [1.54, 1.807) is 0 Å². The molecule has 0 saturated heterocycles. The minimum atomic E-state index is -4.38. The van der Waals surface area contributed by atoms with Gasteiger partial charge >= 0.3 is 19.8 Å². The lowest BCUT2D eigenvalue weighted by molar-refractivity contribution is -0.161. The minimum absolute atomic E-state index is 0.0480. The fourth-order valence-electron chi connectivity index (χ4n) is 5.23. The van der Waals surface area contributed by atoms with Crippen LogP contribution in [0.5, 0.6) is 0 Å². The van der Waals surface area contributed by atoms with Crippen molar-refractivity contribution in [2.24, 2.45) is 5.73 Å². The van der Waals surface area contributed by atoms with E-state index in [0.29, 0.717) is 12.8 Å². The Kier molecular flexibility index (Phi) is 36.2. The highest BCUT2D eigenvalue weighted by atomic mass is 31.2. The van der Waals surface area contributed by atoms with Crippen LogP contribution < -0.4 is 5.73 Å². The number of esters is 2.